The third kappa shape index (κ3) is 13.1. The molecule has 0 spiro atoms. The second-order valence-corrected chi connectivity index (χ2v) is 9.85. The zero-order valence-corrected chi connectivity index (χ0v) is 21.8. The number of carbonyl (C=O) groups excluding carboxylic acids is 2. The number of unbranched alkanes of at least 4 members (excludes halogenated alkanes) is 10. The summed E-state index contributed by atoms with van der Waals surface area (Å²) in [7, 11) is 0. The van der Waals surface area contributed by atoms with Gasteiger partial charge in [0.1, 0.15) is 12.6 Å². The van der Waals surface area contributed by atoms with Crippen molar-refractivity contribution in [2.75, 3.05) is 19.7 Å². The molecule has 198 valence electrons. The summed E-state index contributed by atoms with van der Waals surface area (Å²) in [6.45, 7) is 4.24. The van der Waals surface area contributed by atoms with E-state index in [2.05, 4.69) is 6.92 Å². The number of ether oxygens (including phenoxy) is 2. The summed E-state index contributed by atoms with van der Waals surface area (Å²) in [5, 5.41) is 10.1. The molecule has 2 atom stereocenters. The molecule has 0 radical (unpaired) electrons. The van der Waals surface area contributed by atoms with Crippen LogP contribution in [0.5, 0.6) is 0 Å². The Balaban J connectivity index is 1.48. The van der Waals surface area contributed by atoms with Crippen LogP contribution in [0.4, 0.5) is 0 Å². The van der Waals surface area contributed by atoms with Crippen LogP contribution in [-0.2, 0) is 25.7 Å². The summed E-state index contributed by atoms with van der Waals surface area (Å²) in [6, 6.07) is 9.23. The van der Waals surface area contributed by atoms with E-state index in [1.807, 2.05) is 35.2 Å². The summed E-state index contributed by atoms with van der Waals surface area (Å²) in [5.74, 6) is -0.381. The minimum atomic E-state index is -0.500. The molecule has 1 aromatic carbocycles. The first kappa shape index (κ1) is 29.3. The third-order valence-corrected chi connectivity index (χ3v) is 6.71. The maximum absolute atomic E-state index is 12.6. The molecule has 0 aliphatic carbocycles. The number of esters is 2. The SMILES string of the molecule is CCCCCCCCCCCOC(=O)CCCCCN1CC(O)C[C@H]1C(=O)OCc1ccccc1. The van der Waals surface area contributed by atoms with Crippen molar-refractivity contribution in [3.8, 4) is 0 Å². The fraction of sp³-hybridized carbons (Fsp3) is 0.724. The molecule has 6 heteroatoms. The standard InChI is InChI=1S/C29H47NO5/c1-2-3-4-5-6-7-8-9-16-21-34-28(32)19-14-11-15-20-30-23-26(31)22-27(30)29(33)35-24-25-17-12-10-13-18-25/h10,12-13,17-18,26-27,31H,2-9,11,14-16,19-24H2,1H3/t26?,27-/m0/s1. The third-order valence-electron chi connectivity index (χ3n) is 6.71. The van der Waals surface area contributed by atoms with Crippen LogP contribution in [0.25, 0.3) is 0 Å². The molecule has 0 saturated carbocycles. The van der Waals surface area contributed by atoms with Crippen LogP contribution < -0.4 is 0 Å². The molecule has 0 bridgehead atoms. The molecule has 1 unspecified atom stereocenters. The minimum Gasteiger partial charge on any atom is -0.466 e. The van der Waals surface area contributed by atoms with E-state index in [0.29, 0.717) is 26.0 Å². The highest BCUT2D eigenvalue weighted by Crippen LogP contribution is 2.21. The van der Waals surface area contributed by atoms with Gasteiger partial charge < -0.3 is 14.6 Å². The average molecular weight is 490 g/mol. The van der Waals surface area contributed by atoms with Crippen LogP contribution in [0, 0.1) is 0 Å². The van der Waals surface area contributed by atoms with Crippen molar-refractivity contribution in [3.63, 3.8) is 0 Å². The van der Waals surface area contributed by atoms with Gasteiger partial charge in [0.25, 0.3) is 0 Å². The van der Waals surface area contributed by atoms with E-state index in [9.17, 15) is 14.7 Å². The van der Waals surface area contributed by atoms with Crippen LogP contribution >= 0.6 is 0 Å². The lowest BCUT2D eigenvalue weighted by molar-refractivity contribution is -0.150. The molecule has 1 aliphatic rings. The summed E-state index contributed by atoms with van der Waals surface area (Å²) < 4.78 is 10.8. The lowest BCUT2D eigenvalue weighted by Gasteiger charge is -2.22. The van der Waals surface area contributed by atoms with Crippen molar-refractivity contribution >= 4 is 11.9 Å². The number of rotatable bonds is 19. The monoisotopic (exact) mass is 489 g/mol. The number of carbonyl (C=O) groups is 2. The number of hydrogen-bond acceptors (Lipinski definition) is 6. The van der Waals surface area contributed by atoms with Gasteiger partial charge in [-0.05, 0) is 31.4 Å². The zero-order valence-electron chi connectivity index (χ0n) is 21.8. The molecule has 1 saturated heterocycles. The van der Waals surface area contributed by atoms with Gasteiger partial charge in [-0.15, -0.1) is 0 Å². The molecule has 1 heterocycles. The van der Waals surface area contributed by atoms with Gasteiger partial charge in [0.2, 0.25) is 0 Å². The highest BCUT2D eigenvalue weighted by Gasteiger charge is 2.36. The molecule has 1 fully saturated rings. The largest absolute Gasteiger partial charge is 0.466 e. The number of benzene rings is 1. The quantitative estimate of drug-likeness (QED) is 0.196. The van der Waals surface area contributed by atoms with Crippen molar-refractivity contribution in [1.82, 2.24) is 4.90 Å². The average Bonchev–Trinajstić information content (AvgIpc) is 3.24. The van der Waals surface area contributed by atoms with E-state index < -0.39 is 12.1 Å². The topological polar surface area (TPSA) is 76.1 Å². The first-order valence-corrected chi connectivity index (χ1v) is 13.9. The fourth-order valence-electron chi connectivity index (χ4n) is 4.63. The maximum atomic E-state index is 12.6. The van der Waals surface area contributed by atoms with Crippen LogP contribution in [-0.4, -0.2) is 53.8 Å². The Bertz CT molecular complexity index is 696. The number of β-amino-alcohol motifs (C(OH)–C–C–N with tert-alkyl or cyclic N) is 1. The lowest BCUT2D eigenvalue weighted by atomic mass is 10.1. The number of aliphatic hydroxyl groups is 1. The molecule has 2 rings (SSSR count). The van der Waals surface area contributed by atoms with E-state index >= 15 is 0 Å². The summed E-state index contributed by atoms with van der Waals surface area (Å²) in [6.07, 6.45) is 14.2. The molecular formula is C29H47NO5. The molecule has 1 aromatic rings. The van der Waals surface area contributed by atoms with Crippen molar-refractivity contribution in [2.24, 2.45) is 0 Å². The highest BCUT2D eigenvalue weighted by molar-refractivity contribution is 5.76. The summed E-state index contributed by atoms with van der Waals surface area (Å²) in [4.78, 5) is 26.5. The number of hydrogen-bond donors (Lipinski definition) is 1. The van der Waals surface area contributed by atoms with Crippen LogP contribution in [0.1, 0.15) is 102 Å². The van der Waals surface area contributed by atoms with Gasteiger partial charge in [0.15, 0.2) is 0 Å². The molecule has 1 aliphatic heterocycles. The molecule has 0 amide bonds. The second-order valence-electron chi connectivity index (χ2n) is 9.85. The normalized spacial score (nSPS) is 18.0. The van der Waals surface area contributed by atoms with Crippen LogP contribution in [0.3, 0.4) is 0 Å². The number of nitrogens with zero attached hydrogens (tertiary/aromatic N) is 1. The molecule has 0 aromatic heterocycles. The second kappa shape index (κ2) is 18.4. The Kier molecular flexibility index (Phi) is 15.4. The lowest BCUT2D eigenvalue weighted by Crippen LogP contribution is -2.37. The first-order valence-electron chi connectivity index (χ1n) is 13.9. The van der Waals surface area contributed by atoms with E-state index in [4.69, 9.17) is 9.47 Å². The molecule has 6 nitrogen and oxygen atoms in total. The Labute approximate surface area is 212 Å². The Morgan fingerprint density at radius 3 is 2.26 bits per heavy atom. The van der Waals surface area contributed by atoms with Gasteiger partial charge >= 0.3 is 11.9 Å². The van der Waals surface area contributed by atoms with Crippen molar-refractivity contribution in [2.45, 2.75) is 116 Å². The van der Waals surface area contributed by atoms with Gasteiger partial charge in [-0.2, -0.15) is 0 Å². The Morgan fingerprint density at radius 1 is 0.886 bits per heavy atom. The minimum absolute atomic E-state index is 0.108. The van der Waals surface area contributed by atoms with Gasteiger partial charge in [-0.25, -0.2) is 0 Å². The van der Waals surface area contributed by atoms with Gasteiger partial charge in [0, 0.05) is 19.4 Å². The summed E-state index contributed by atoms with van der Waals surface area (Å²) in [5.41, 5.74) is 0.954. The number of likely N-dealkylation sites (tertiary alicyclic amines) is 1. The first-order chi connectivity index (χ1) is 17.1. The summed E-state index contributed by atoms with van der Waals surface area (Å²) >= 11 is 0. The van der Waals surface area contributed by atoms with Crippen molar-refractivity contribution < 1.29 is 24.2 Å². The van der Waals surface area contributed by atoms with Gasteiger partial charge in [-0.3, -0.25) is 14.5 Å². The predicted molar refractivity (Wildman–Crippen MR) is 139 cm³/mol. The van der Waals surface area contributed by atoms with Gasteiger partial charge in [0.05, 0.1) is 12.7 Å². The van der Waals surface area contributed by atoms with E-state index in [1.54, 1.807) is 0 Å². The number of aliphatic hydroxyl groups excluding tert-OH is 1. The molecule has 1 N–H and O–H groups in total. The van der Waals surface area contributed by atoms with E-state index in [0.717, 1.165) is 44.2 Å². The van der Waals surface area contributed by atoms with Gasteiger partial charge in [-0.1, -0.05) is 95.0 Å². The zero-order chi connectivity index (χ0) is 25.1. The smallest absolute Gasteiger partial charge is 0.323 e. The predicted octanol–water partition coefficient (Wildman–Crippen LogP) is 5.80. The maximum Gasteiger partial charge on any atom is 0.323 e. The molecular weight excluding hydrogens is 442 g/mol. The van der Waals surface area contributed by atoms with Crippen molar-refractivity contribution in [3.05, 3.63) is 35.9 Å². The molecule has 35 heavy (non-hydrogen) atoms. The van der Waals surface area contributed by atoms with E-state index in [-0.39, 0.29) is 18.5 Å². The van der Waals surface area contributed by atoms with Crippen LogP contribution in [0.15, 0.2) is 30.3 Å². The van der Waals surface area contributed by atoms with E-state index in [1.165, 1.54) is 44.9 Å². The van der Waals surface area contributed by atoms with Crippen molar-refractivity contribution in [1.29, 1.82) is 0 Å². The Hall–Kier alpha value is -1.92. The Morgan fingerprint density at radius 2 is 1.54 bits per heavy atom. The fourth-order valence-corrected chi connectivity index (χ4v) is 4.63. The highest BCUT2D eigenvalue weighted by atomic mass is 16.5. The van der Waals surface area contributed by atoms with Crippen LogP contribution in [0.2, 0.25) is 0 Å².